The summed E-state index contributed by atoms with van der Waals surface area (Å²) >= 11 is 0. The zero-order valence-corrected chi connectivity index (χ0v) is 26.4. The van der Waals surface area contributed by atoms with Gasteiger partial charge in [0.2, 0.25) is 11.8 Å². The average Bonchev–Trinajstić information content (AvgIpc) is 3.50. The van der Waals surface area contributed by atoms with E-state index >= 15 is 0 Å². The van der Waals surface area contributed by atoms with Crippen LogP contribution in [-0.2, 0) is 22.4 Å². The van der Waals surface area contributed by atoms with Gasteiger partial charge in [0, 0.05) is 75.0 Å². The number of amides is 4. The van der Waals surface area contributed by atoms with Gasteiger partial charge in [-0.1, -0.05) is 24.3 Å². The first-order chi connectivity index (χ1) is 22.9. The number of piperidine rings is 1. The van der Waals surface area contributed by atoms with Crippen LogP contribution in [0, 0.1) is 11.7 Å². The van der Waals surface area contributed by atoms with Gasteiger partial charge in [0.15, 0.2) is 0 Å². The third-order valence-corrected chi connectivity index (χ3v) is 9.94. The number of anilines is 2. The van der Waals surface area contributed by atoms with Crippen molar-refractivity contribution in [2.45, 2.75) is 38.1 Å². The molecule has 1 unspecified atom stereocenters. The lowest BCUT2D eigenvalue weighted by atomic mass is 9.92. The Balaban J connectivity index is 0.997. The van der Waals surface area contributed by atoms with Gasteiger partial charge in [0.1, 0.15) is 5.82 Å². The Morgan fingerprint density at radius 3 is 2.45 bits per heavy atom. The zero-order valence-electron chi connectivity index (χ0n) is 26.4. The van der Waals surface area contributed by atoms with Gasteiger partial charge in [0.05, 0.1) is 17.6 Å². The van der Waals surface area contributed by atoms with Crippen molar-refractivity contribution in [2.75, 3.05) is 56.0 Å². The summed E-state index contributed by atoms with van der Waals surface area (Å²) in [6.07, 6.45) is 4.55. The van der Waals surface area contributed by atoms with E-state index in [-0.39, 0.29) is 36.1 Å². The van der Waals surface area contributed by atoms with Crippen molar-refractivity contribution in [1.82, 2.24) is 24.9 Å². The van der Waals surface area contributed by atoms with E-state index in [9.17, 15) is 18.8 Å². The first-order valence-electron chi connectivity index (χ1n) is 16.6. The minimum absolute atomic E-state index is 0.0138. The van der Waals surface area contributed by atoms with Gasteiger partial charge in [-0.25, -0.2) is 9.18 Å². The Morgan fingerprint density at radius 2 is 1.66 bits per heavy atom. The average molecular weight is 638 g/mol. The van der Waals surface area contributed by atoms with Crippen LogP contribution in [0.3, 0.4) is 0 Å². The number of urea groups is 1. The van der Waals surface area contributed by atoms with Gasteiger partial charge in [-0.3, -0.25) is 14.7 Å². The molecule has 3 aromatic carbocycles. The van der Waals surface area contributed by atoms with Crippen molar-refractivity contribution in [3.63, 3.8) is 0 Å². The van der Waals surface area contributed by atoms with Crippen molar-refractivity contribution in [3.05, 3.63) is 89.9 Å². The summed E-state index contributed by atoms with van der Waals surface area (Å²) in [5.41, 5.74) is 4.85. The van der Waals surface area contributed by atoms with Crippen LogP contribution in [0.1, 0.15) is 30.4 Å². The molecule has 1 atom stereocenters. The number of fused-ring (bicyclic) bond motifs is 2. The van der Waals surface area contributed by atoms with E-state index in [1.807, 2.05) is 51.1 Å². The summed E-state index contributed by atoms with van der Waals surface area (Å²) in [5.74, 6) is -0.813. The summed E-state index contributed by atoms with van der Waals surface area (Å²) in [5, 5.41) is 11.1. The summed E-state index contributed by atoms with van der Waals surface area (Å²) in [6, 6.07) is 20.3. The molecular weight excluding hydrogens is 597 g/mol. The number of halogens is 1. The maximum Gasteiger partial charge on any atom is 0.322 e. The maximum absolute atomic E-state index is 14.1. The fourth-order valence-electron chi connectivity index (χ4n) is 7.25. The van der Waals surface area contributed by atoms with Crippen LogP contribution < -0.4 is 10.2 Å². The summed E-state index contributed by atoms with van der Waals surface area (Å²) in [6.45, 7) is 4.11. The molecule has 3 aliphatic heterocycles. The lowest BCUT2D eigenvalue weighted by Crippen LogP contribution is -2.52. The second-order valence-electron chi connectivity index (χ2n) is 12.8. The fraction of sp³-hybridized carbons (Fsp3) is 0.389. The summed E-state index contributed by atoms with van der Waals surface area (Å²) in [7, 11) is 0. The van der Waals surface area contributed by atoms with Gasteiger partial charge in [-0.2, -0.15) is 5.10 Å². The van der Waals surface area contributed by atoms with Gasteiger partial charge >= 0.3 is 6.03 Å². The van der Waals surface area contributed by atoms with Crippen LogP contribution in [0.4, 0.5) is 20.6 Å². The smallest absolute Gasteiger partial charge is 0.322 e. The van der Waals surface area contributed by atoms with Gasteiger partial charge in [-0.05, 0) is 79.3 Å². The molecule has 3 aliphatic rings. The van der Waals surface area contributed by atoms with Crippen molar-refractivity contribution >= 4 is 40.1 Å². The Morgan fingerprint density at radius 1 is 0.894 bits per heavy atom. The molecule has 11 heteroatoms. The number of nitrogens with zero attached hydrogens (tertiary/aromatic N) is 5. The van der Waals surface area contributed by atoms with E-state index in [0.717, 1.165) is 39.8 Å². The molecular formula is C36H40FN7O3. The van der Waals surface area contributed by atoms with Crippen molar-refractivity contribution < 1.29 is 18.8 Å². The second-order valence-corrected chi connectivity index (χ2v) is 12.8. The Labute approximate surface area is 273 Å². The lowest BCUT2D eigenvalue weighted by molar-refractivity contribution is -0.142. The maximum atomic E-state index is 14.1. The number of carbonyl (C=O) groups is 3. The zero-order chi connectivity index (χ0) is 32.3. The number of para-hydroxylation sites is 1. The fourth-order valence-corrected chi connectivity index (χ4v) is 7.25. The first-order valence-corrected chi connectivity index (χ1v) is 16.6. The van der Waals surface area contributed by atoms with E-state index in [1.54, 1.807) is 18.3 Å². The van der Waals surface area contributed by atoms with Crippen molar-refractivity contribution in [2.24, 2.45) is 5.92 Å². The molecule has 1 aromatic heterocycles. The molecule has 4 heterocycles. The number of piperazine rings is 1. The number of aromatic nitrogens is 2. The van der Waals surface area contributed by atoms with Crippen LogP contribution in [0.2, 0.25) is 0 Å². The highest BCUT2D eigenvalue weighted by atomic mass is 19.1. The predicted molar refractivity (Wildman–Crippen MR) is 179 cm³/mol. The first kappa shape index (κ1) is 30.7. The summed E-state index contributed by atoms with van der Waals surface area (Å²) in [4.78, 5) is 48.7. The highest BCUT2D eigenvalue weighted by molar-refractivity contribution is 5.91. The molecule has 47 heavy (non-hydrogen) atoms. The van der Waals surface area contributed by atoms with E-state index in [2.05, 4.69) is 26.5 Å². The van der Waals surface area contributed by atoms with E-state index in [4.69, 9.17) is 0 Å². The molecule has 244 valence electrons. The van der Waals surface area contributed by atoms with Gasteiger partial charge < -0.3 is 24.9 Å². The Bertz CT molecular complexity index is 1740. The van der Waals surface area contributed by atoms with Crippen LogP contribution in [0.15, 0.2) is 72.9 Å². The number of carbonyl (C=O) groups excluding carboxylic acids is 3. The third kappa shape index (κ3) is 6.79. The molecule has 0 aliphatic carbocycles. The number of benzene rings is 3. The molecule has 4 amide bonds. The largest absolute Gasteiger partial charge is 0.368 e. The van der Waals surface area contributed by atoms with Crippen LogP contribution in [0.5, 0.6) is 0 Å². The molecule has 0 radical (unpaired) electrons. The van der Waals surface area contributed by atoms with E-state index in [1.165, 1.54) is 12.1 Å². The van der Waals surface area contributed by atoms with Gasteiger partial charge in [0.25, 0.3) is 0 Å². The number of rotatable bonds is 7. The number of hydrogen-bond acceptors (Lipinski definition) is 5. The summed E-state index contributed by atoms with van der Waals surface area (Å²) < 4.78 is 13.5. The van der Waals surface area contributed by atoms with Crippen LogP contribution >= 0.6 is 0 Å². The SMILES string of the molecule is O=C(CC(Cc1ccc2[nH]ncc2c1)C(=O)N1CCN(c2ccc(F)cc2)CC1)N1CCC(N2CCc3ccccc3NC2=O)CC1. The number of hydrogen-bond donors (Lipinski definition) is 2. The Kier molecular flexibility index (Phi) is 8.78. The highest BCUT2D eigenvalue weighted by Gasteiger charge is 2.34. The highest BCUT2D eigenvalue weighted by Crippen LogP contribution is 2.27. The monoisotopic (exact) mass is 637 g/mol. The van der Waals surface area contributed by atoms with E-state index < -0.39 is 5.92 Å². The second kappa shape index (κ2) is 13.4. The van der Waals surface area contributed by atoms with Crippen LogP contribution in [0.25, 0.3) is 10.9 Å². The standard InChI is InChI=1S/C36H40FN7O3/c37-29-6-8-30(9-7-29)41-17-19-43(20-18-41)35(46)27(21-25-5-10-33-28(22-25)24-38-40-33)23-34(45)42-14-12-31(13-15-42)44-16-11-26-3-1-2-4-32(26)39-36(44)47/h1-10,22,24,27,31H,11-21,23H2,(H,38,40)(H,39,47). The number of likely N-dealkylation sites (tertiary alicyclic amines) is 1. The molecule has 0 saturated carbocycles. The molecule has 7 rings (SSSR count). The Hall–Kier alpha value is -4.93. The quantitative estimate of drug-likeness (QED) is 0.306. The third-order valence-electron chi connectivity index (χ3n) is 9.94. The molecule has 0 bridgehead atoms. The predicted octanol–water partition coefficient (Wildman–Crippen LogP) is 4.68. The minimum Gasteiger partial charge on any atom is -0.368 e. The molecule has 2 fully saturated rings. The van der Waals surface area contributed by atoms with Gasteiger partial charge in [-0.15, -0.1) is 0 Å². The molecule has 4 aromatic rings. The number of nitrogens with one attached hydrogen (secondary N) is 2. The number of H-pyrrole nitrogens is 1. The normalized spacial score (nSPS) is 18.1. The van der Waals surface area contributed by atoms with Crippen molar-refractivity contribution in [1.29, 1.82) is 0 Å². The minimum atomic E-state index is -0.503. The van der Waals surface area contributed by atoms with Crippen LogP contribution in [-0.4, -0.2) is 94.6 Å². The lowest BCUT2D eigenvalue weighted by Gasteiger charge is -2.39. The molecule has 10 nitrogen and oxygen atoms in total. The number of aromatic amines is 1. The van der Waals surface area contributed by atoms with E-state index in [0.29, 0.717) is 65.1 Å². The van der Waals surface area contributed by atoms with Crippen molar-refractivity contribution in [3.8, 4) is 0 Å². The molecule has 2 N–H and O–H groups in total. The topological polar surface area (TPSA) is 105 Å². The molecule has 0 spiro atoms. The molecule has 2 saturated heterocycles.